The fourth-order valence-electron chi connectivity index (χ4n) is 1.31. The number of hydrogen-bond acceptors (Lipinski definition) is 6. The highest BCUT2D eigenvalue weighted by Crippen LogP contribution is 2.20. The van der Waals surface area contributed by atoms with Crippen LogP contribution in [-0.4, -0.2) is 68.6 Å². The van der Waals surface area contributed by atoms with Crippen molar-refractivity contribution in [2.45, 2.75) is 30.5 Å². The lowest BCUT2D eigenvalue weighted by molar-refractivity contribution is -0.233. The van der Waals surface area contributed by atoms with Gasteiger partial charge in [0.05, 0.1) is 6.61 Å². The minimum absolute atomic E-state index is 0.630. The predicted molar refractivity (Wildman–Crippen MR) is 41.4 cm³/mol. The summed E-state index contributed by atoms with van der Waals surface area (Å²) in [5.41, 5.74) is 0. The second kappa shape index (κ2) is 4.20. The Hall–Kier alpha value is -0.730. The van der Waals surface area contributed by atoms with Crippen LogP contribution in [0.25, 0.3) is 0 Å². The van der Waals surface area contributed by atoms with Gasteiger partial charge in [-0.25, -0.2) is 4.79 Å². The molecule has 0 unspecified atom stereocenters. The maximum absolute atomic E-state index is 10.5. The molecule has 7 nitrogen and oxygen atoms in total. The van der Waals surface area contributed by atoms with Crippen molar-refractivity contribution in [1.82, 2.24) is 0 Å². The van der Waals surface area contributed by atoms with Crippen LogP contribution in [0.3, 0.4) is 0 Å². The second-order valence-corrected chi connectivity index (χ2v) is 3.09. The van der Waals surface area contributed by atoms with Gasteiger partial charge in [0.1, 0.15) is 24.4 Å². The van der Waals surface area contributed by atoms with Crippen LogP contribution in [0.15, 0.2) is 0 Å². The number of rotatable bonds is 2. The van der Waals surface area contributed by atoms with Gasteiger partial charge in [-0.15, -0.1) is 0 Å². The molecule has 5 N–H and O–H groups in total. The molecule has 0 spiro atoms. The summed E-state index contributed by atoms with van der Waals surface area (Å²) in [6.07, 6.45) is -7.67. The normalized spacial score (nSPS) is 43.6. The first kappa shape index (κ1) is 11.3. The Balaban J connectivity index is 2.78. The molecular weight excluding hydrogens is 196 g/mol. The molecule has 0 saturated carbocycles. The monoisotopic (exact) mass is 208 g/mol. The van der Waals surface area contributed by atoms with E-state index in [4.69, 9.17) is 10.2 Å². The molecule has 5 atom stereocenters. The van der Waals surface area contributed by atoms with Crippen molar-refractivity contribution in [3.8, 4) is 0 Å². The first-order chi connectivity index (χ1) is 6.49. The quantitative estimate of drug-likeness (QED) is 0.325. The van der Waals surface area contributed by atoms with Gasteiger partial charge in [-0.2, -0.15) is 0 Å². The lowest BCUT2D eigenvalue weighted by Gasteiger charge is -2.38. The molecule has 1 rings (SSSR count). The van der Waals surface area contributed by atoms with Gasteiger partial charge in [-0.05, 0) is 0 Å². The van der Waals surface area contributed by atoms with Crippen LogP contribution >= 0.6 is 0 Å². The smallest absolute Gasteiger partial charge is 0.335 e. The van der Waals surface area contributed by atoms with Gasteiger partial charge in [0.25, 0.3) is 0 Å². The first-order valence-electron chi connectivity index (χ1n) is 4.02. The lowest BCUT2D eigenvalue weighted by Crippen LogP contribution is -2.60. The van der Waals surface area contributed by atoms with E-state index in [2.05, 4.69) is 4.74 Å². The van der Waals surface area contributed by atoms with Crippen LogP contribution in [0, 0.1) is 0 Å². The molecule has 1 heterocycles. The highest BCUT2D eigenvalue weighted by atomic mass is 16.6. The Morgan fingerprint density at radius 2 is 1.71 bits per heavy atom. The zero-order valence-electron chi connectivity index (χ0n) is 7.15. The molecule has 0 radical (unpaired) electrons. The van der Waals surface area contributed by atoms with Crippen LogP contribution in [0.2, 0.25) is 0 Å². The zero-order chi connectivity index (χ0) is 10.9. The third-order valence-electron chi connectivity index (χ3n) is 2.14. The maximum atomic E-state index is 10.5. The van der Waals surface area contributed by atoms with Gasteiger partial charge in [0.2, 0.25) is 0 Å². The molecular formula is C7H12O7. The number of aliphatic hydroxyl groups excluding tert-OH is 4. The summed E-state index contributed by atoms with van der Waals surface area (Å²) in [6.45, 7) is -0.630. The molecule has 0 amide bonds. The number of carboxylic acids is 1. The SMILES string of the molecule is O=C(O)[C@@H]1O[C@H](CO)[C@@H](O)[C@@H](O)[C@H]1O. The van der Waals surface area contributed by atoms with Gasteiger partial charge in [0.15, 0.2) is 6.10 Å². The summed E-state index contributed by atoms with van der Waals surface area (Å²) in [5.74, 6) is -1.46. The molecule has 0 aliphatic carbocycles. The predicted octanol–water partition coefficient (Wildman–Crippen LogP) is -3.09. The molecule has 14 heavy (non-hydrogen) atoms. The molecule has 0 bridgehead atoms. The summed E-state index contributed by atoms with van der Waals surface area (Å²) >= 11 is 0. The van der Waals surface area contributed by atoms with Gasteiger partial charge < -0.3 is 30.3 Å². The Labute approximate surface area is 79.2 Å². The summed E-state index contributed by atoms with van der Waals surface area (Å²) in [6, 6.07) is 0. The van der Waals surface area contributed by atoms with Gasteiger partial charge >= 0.3 is 5.97 Å². The number of carbonyl (C=O) groups is 1. The number of carboxylic acid groups (broad SMARTS) is 1. The van der Waals surface area contributed by atoms with Gasteiger partial charge in [-0.3, -0.25) is 0 Å². The van der Waals surface area contributed by atoms with Crippen molar-refractivity contribution in [2.24, 2.45) is 0 Å². The summed E-state index contributed by atoms with van der Waals surface area (Å²) in [7, 11) is 0. The average Bonchev–Trinajstić information content (AvgIpc) is 2.14. The molecule has 0 aromatic carbocycles. The molecule has 1 fully saturated rings. The van der Waals surface area contributed by atoms with Crippen molar-refractivity contribution < 1.29 is 35.1 Å². The van der Waals surface area contributed by atoms with E-state index in [0.29, 0.717) is 0 Å². The summed E-state index contributed by atoms with van der Waals surface area (Å²) in [4.78, 5) is 10.5. The molecule has 1 aliphatic heterocycles. The van der Waals surface area contributed by atoms with Gasteiger partial charge in [0, 0.05) is 0 Å². The van der Waals surface area contributed by atoms with Crippen molar-refractivity contribution in [3.05, 3.63) is 0 Å². The van der Waals surface area contributed by atoms with E-state index >= 15 is 0 Å². The summed E-state index contributed by atoms with van der Waals surface area (Å²) in [5, 5.41) is 44.9. The van der Waals surface area contributed by atoms with Crippen molar-refractivity contribution in [3.63, 3.8) is 0 Å². The number of ether oxygens (including phenoxy) is 1. The first-order valence-corrected chi connectivity index (χ1v) is 4.02. The molecule has 82 valence electrons. The molecule has 7 heteroatoms. The molecule has 1 aliphatic rings. The fraction of sp³-hybridized carbons (Fsp3) is 0.857. The van der Waals surface area contributed by atoms with Crippen LogP contribution in [0.1, 0.15) is 0 Å². The number of aliphatic carboxylic acids is 1. The maximum Gasteiger partial charge on any atom is 0.335 e. The van der Waals surface area contributed by atoms with Crippen molar-refractivity contribution in [1.29, 1.82) is 0 Å². The van der Waals surface area contributed by atoms with E-state index in [1.807, 2.05) is 0 Å². The second-order valence-electron chi connectivity index (χ2n) is 3.09. The molecule has 0 aromatic rings. The standard InChI is InChI=1S/C7H12O7/c8-1-2-3(9)4(10)5(11)6(14-2)7(12)13/h2-6,8-11H,1H2,(H,12,13)/t2-,3-,4-,5-,6-/m1/s1. The highest BCUT2D eigenvalue weighted by Gasteiger charge is 2.46. The molecule has 0 aromatic heterocycles. The minimum atomic E-state index is -1.70. The number of hydrogen-bond donors (Lipinski definition) is 5. The average molecular weight is 208 g/mol. The van der Waals surface area contributed by atoms with E-state index in [1.54, 1.807) is 0 Å². The van der Waals surface area contributed by atoms with Crippen molar-refractivity contribution >= 4 is 5.97 Å². The van der Waals surface area contributed by atoms with E-state index < -0.39 is 43.1 Å². The van der Waals surface area contributed by atoms with E-state index in [0.717, 1.165) is 0 Å². The minimum Gasteiger partial charge on any atom is -0.479 e. The Morgan fingerprint density at radius 1 is 1.14 bits per heavy atom. The highest BCUT2D eigenvalue weighted by molar-refractivity contribution is 5.73. The lowest BCUT2D eigenvalue weighted by atomic mass is 9.95. The molecule has 1 saturated heterocycles. The van der Waals surface area contributed by atoms with Crippen LogP contribution < -0.4 is 0 Å². The fourth-order valence-corrected chi connectivity index (χ4v) is 1.31. The van der Waals surface area contributed by atoms with Crippen LogP contribution in [0.4, 0.5) is 0 Å². The van der Waals surface area contributed by atoms with E-state index in [9.17, 15) is 20.1 Å². The topological polar surface area (TPSA) is 127 Å². The largest absolute Gasteiger partial charge is 0.479 e. The zero-order valence-corrected chi connectivity index (χ0v) is 7.15. The van der Waals surface area contributed by atoms with Crippen molar-refractivity contribution in [2.75, 3.05) is 6.61 Å². The van der Waals surface area contributed by atoms with E-state index in [1.165, 1.54) is 0 Å². The third kappa shape index (κ3) is 1.86. The Bertz CT molecular complexity index is 216. The van der Waals surface area contributed by atoms with Gasteiger partial charge in [-0.1, -0.05) is 0 Å². The van der Waals surface area contributed by atoms with E-state index in [-0.39, 0.29) is 0 Å². The number of aliphatic hydroxyl groups is 4. The Morgan fingerprint density at radius 3 is 2.14 bits per heavy atom. The Kier molecular flexibility index (Phi) is 3.40. The summed E-state index contributed by atoms with van der Waals surface area (Å²) < 4.78 is 4.68. The van der Waals surface area contributed by atoms with Crippen LogP contribution in [0.5, 0.6) is 0 Å². The van der Waals surface area contributed by atoms with Crippen LogP contribution in [-0.2, 0) is 9.53 Å². The third-order valence-corrected chi connectivity index (χ3v) is 2.14.